The molecule has 0 saturated heterocycles. The third-order valence-electron chi connectivity index (χ3n) is 9.62. The lowest BCUT2D eigenvalue weighted by molar-refractivity contribution is -0.383. The Bertz CT molecular complexity index is 2410. The van der Waals surface area contributed by atoms with Crippen molar-refractivity contribution in [2.24, 2.45) is 16.2 Å². The highest BCUT2D eigenvalue weighted by Crippen LogP contribution is 2.41. The van der Waals surface area contributed by atoms with Gasteiger partial charge in [0.25, 0.3) is 11.4 Å². The van der Waals surface area contributed by atoms with Crippen molar-refractivity contribution >= 4 is 68.1 Å². The average Bonchev–Trinajstić information content (AvgIpc) is 3.85. The van der Waals surface area contributed by atoms with Crippen molar-refractivity contribution in [1.29, 1.82) is 0 Å². The SMILES string of the molecule is CCn1c2c([N+](=O)[O-])cc(C(=O)/C(C)=N/OC(=O)c3ccccc3)cc2c2cc(C(=O)/C(CCC3CCCC3)=N/OC(=O)c3ccccc3)cc([N+](=O)[O-])c21. The van der Waals surface area contributed by atoms with Crippen LogP contribution in [0, 0.1) is 26.1 Å². The number of fused-ring (bicyclic) bond motifs is 3. The molecule has 1 aromatic heterocycles. The van der Waals surface area contributed by atoms with Crippen LogP contribution in [0.25, 0.3) is 21.8 Å². The Morgan fingerprint density at radius 2 is 1.18 bits per heavy atom. The Morgan fingerprint density at radius 1 is 0.709 bits per heavy atom. The van der Waals surface area contributed by atoms with E-state index in [4.69, 9.17) is 9.68 Å². The molecule has 1 saturated carbocycles. The highest BCUT2D eigenvalue weighted by molar-refractivity contribution is 6.47. The quantitative estimate of drug-likeness (QED) is 0.0349. The van der Waals surface area contributed by atoms with E-state index in [2.05, 4.69) is 10.3 Å². The predicted octanol–water partition coefficient (Wildman–Crippen LogP) is 8.41. The first-order valence-corrected chi connectivity index (χ1v) is 17.6. The second kappa shape index (κ2) is 16.4. The number of nitro benzene ring substituents is 2. The average molecular weight is 746 g/mol. The van der Waals surface area contributed by atoms with Gasteiger partial charge in [-0.3, -0.25) is 29.8 Å². The summed E-state index contributed by atoms with van der Waals surface area (Å²) in [7, 11) is 0. The minimum atomic E-state index is -0.828. The van der Waals surface area contributed by atoms with Gasteiger partial charge >= 0.3 is 11.9 Å². The molecule has 0 amide bonds. The molecule has 0 N–H and O–H groups in total. The molecule has 1 heterocycles. The molecule has 6 rings (SSSR count). The van der Waals surface area contributed by atoms with Crippen LogP contribution in [0.4, 0.5) is 11.4 Å². The number of aromatic nitrogens is 1. The monoisotopic (exact) mass is 745 g/mol. The van der Waals surface area contributed by atoms with Crippen LogP contribution < -0.4 is 0 Å². The molecule has 55 heavy (non-hydrogen) atoms. The minimum Gasteiger partial charge on any atom is -0.330 e. The van der Waals surface area contributed by atoms with Crippen molar-refractivity contribution in [3.05, 3.63) is 127 Å². The number of ketones is 2. The molecule has 280 valence electrons. The zero-order chi connectivity index (χ0) is 39.2. The van der Waals surface area contributed by atoms with Crippen molar-refractivity contribution in [1.82, 2.24) is 4.57 Å². The molecule has 4 aromatic carbocycles. The van der Waals surface area contributed by atoms with Crippen molar-refractivity contribution in [2.45, 2.75) is 58.9 Å². The topological polar surface area (TPSA) is 203 Å². The molecule has 15 heteroatoms. The summed E-state index contributed by atoms with van der Waals surface area (Å²) in [5.41, 5.74) is -1.46. The Morgan fingerprint density at radius 3 is 1.65 bits per heavy atom. The first-order valence-electron chi connectivity index (χ1n) is 17.6. The molecule has 15 nitrogen and oxygen atoms in total. The van der Waals surface area contributed by atoms with Crippen LogP contribution in [0.2, 0.25) is 0 Å². The number of benzene rings is 4. The Kier molecular flexibility index (Phi) is 11.3. The summed E-state index contributed by atoms with van der Waals surface area (Å²) in [5, 5.41) is 32.9. The fourth-order valence-electron chi connectivity index (χ4n) is 6.90. The second-order valence-electron chi connectivity index (χ2n) is 13.1. The van der Waals surface area contributed by atoms with Gasteiger partial charge in [-0.1, -0.05) is 72.4 Å². The number of nitro groups is 2. The predicted molar refractivity (Wildman–Crippen MR) is 203 cm³/mol. The normalized spacial score (nSPS) is 13.6. The molecular formula is C40H35N5O10. The van der Waals surface area contributed by atoms with E-state index in [1.54, 1.807) is 43.3 Å². The number of hydrogen-bond acceptors (Lipinski definition) is 12. The Labute approximate surface area is 313 Å². The summed E-state index contributed by atoms with van der Waals surface area (Å²) in [6, 6.07) is 20.8. The molecule has 0 radical (unpaired) electrons. The number of non-ortho nitro benzene ring substituents is 2. The van der Waals surface area contributed by atoms with E-state index in [9.17, 15) is 39.4 Å². The van der Waals surface area contributed by atoms with E-state index in [0.717, 1.165) is 37.8 Å². The number of hydrogen-bond donors (Lipinski definition) is 0. The fraction of sp³-hybridized carbons (Fsp3) is 0.250. The number of oxime groups is 2. The van der Waals surface area contributed by atoms with Gasteiger partial charge in [0.15, 0.2) is 0 Å². The summed E-state index contributed by atoms with van der Waals surface area (Å²) >= 11 is 0. The zero-order valence-corrected chi connectivity index (χ0v) is 29.9. The summed E-state index contributed by atoms with van der Waals surface area (Å²) in [6.07, 6.45) is 4.76. The maximum Gasteiger partial charge on any atom is 0.365 e. The van der Waals surface area contributed by atoms with E-state index in [1.165, 1.54) is 47.9 Å². The molecule has 0 bridgehead atoms. The van der Waals surface area contributed by atoms with Crippen molar-refractivity contribution < 1.29 is 38.7 Å². The smallest absolute Gasteiger partial charge is 0.330 e. The van der Waals surface area contributed by atoms with Gasteiger partial charge in [0.1, 0.15) is 22.5 Å². The third kappa shape index (κ3) is 8.05. The van der Waals surface area contributed by atoms with Crippen molar-refractivity contribution in [3.63, 3.8) is 0 Å². The number of nitrogens with zero attached hydrogens (tertiary/aromatic N) is 5. The Hall–Kier alpha value is -6.90. The van der Waals surface area contributed by atoms with Gasteiger partial charge in [0.05, 0.1) is 21.0 Å². The highest BCUT2D eigenvalue weighted by Gasteiger charge is 2.31. The molecule has 0 unspecified atom stereocenters. The lowest BCUT2D eigenvalue weighted by atomic mass is 9.95. The van der Waals surface area contributed by atoms with Gasteiger partial charge < -0.3 is 14.2 Å². The first-order chi connectivity index (χ1) is 26.5. The lowest BCUT2D eigenvalue weighted by Gasteiger charge is -2.11. The Balaban J connectivity index is 1.46. The highest BCUT2D eigenvalue weighted by atomic mass is 16.7. The molecule has 5 aromatic rings. The van der Waals surface area contributed by atoms with E-state index in [0.29, 0.717) is 12.3 Å². The van der Waals surface area contributed by atoms with Crippen LogP contribution >= 0.6 is 0 Å². The van der Waals surface area contributed by atoms with Gasteiger partial charge in [0.2, 0.25) is 11.6 Å². The molecule has 1 aliphatic rings. The maximum absolute atomic E-state index is 14.2. The minimum absolute atomic E-state index is 0.00567. The van der Waals surface area contributed by atoms with Gasteiger partial charge in [0, 0.05) is 40.6 Å². The summed E-state index contributed by atoms with van der Waals surface area (Å²) in [6.45, 7) is 2.98. The summed E-state index contributed by atoms with van der Waals surface area (Å²) in [4.78, 5) is 86.9. The lowest BCUT2D eigenvalue weighted by Crippen LogP contribution is -2.18. The second-order valence-corrected chi connectivity index (χ2v) is 13.1. The van der Waals surface area contributed by atoms with Gasteiger partial charge in [-0.05, 0) is 69.0 Å². The number of Topliss-reactive ketones (excluding diaryl/α,β-unsaturated/α-hetero) is 2. The van der Waals surface area contributed by atoms with Crippen LogP contribution in [0.5, 0.6) is 0 Å². The van der Waals surface area contributed by atoms with E-state index >= 15 is 0 Å². The molecule has 0 atom stereocenters. The van der Waals surface area contributed by atoms with E-state index in [1.807, 2.05) is 0 Å². The zero-order valence-electron chi connectivity index (χ0n) is 29.9. The van der Waals surface area contributed by atoms with Crippen LogP contribution in [-0.4, -0.2) is 49.3 Å². The van der Waals surface area contributed by atoms with Gasteiger partial charge in [-0.2, -0.15) is 0 Å². The van der Waals surface area contributed by atoms with Crippen LogP contribution in [0.1, 0.15) is 93.8 Å². The van der Waals surface area contributed by atoms with Crippen LogP contribution in [0.15, 0.2) is 95.2 Å². The van der Waals surface area contributed by atoms with Gasteiger partial charge in [-0.25, -0.2) is 9.59 Å². The van der Waals surface area contributed by atoms with Crippen LogP contribution in [-0.2, 0) is 16.2 Å². The summed E-state index contributed by atoms with van der Waals surface area (Å²) in [5.74, 6) is -2.84. The van der Waals surface area contributed by atoms with Crippen LogP contribution in [0.3, 0.4) is 0 Å². The number of carbonyl (C=O) groups is 4. The van der Waals surface area contributed by atoms with Crippen molar-refractivity contribution in [2.75, 3.05) is 0 Å². The first kappa shape index (κ1) is 37.8. The largest absolute Gasteiger partial charge is 0.365 e. The molecule has 1 fully saturated rings. The molecule has 0 spiro atoms. The van der Waals surface area contributed by atoms with Crippen molar-refractivity contribution in [3.8, 4) is 0 Å². The fourth-order valence-corrected chi connectivity index (χ4v) is 6.90. The number of carbonyl (C=O) groups excluding carboxylic acids is 4. The molecule has 1 aliphatic carbocycles. The van der Waals surface area contributed by atoms with Gasteiger partial charge in [-0.15, -0.1) is 0 Å². The summed E-state index contributed by atoms with van der Waals surface area (Å²) < 4.78 is 1.39. The van der Waals surface area contributed by atoms with E-state index in [-0.39, 0.29) is 68.4 Å². The third-order valence-corrected chi connectivity index (χ3v) is 9.62. The molecule has 0 aliphatic heterocycles. The standard InChI is InChI=1S/C40H35N5O10/c1-3-43-35-30(20-28(22-33(35)44(50)51)37(46)24(2)41-54-39(48)26-14-6-4-7-15-26)31-21-29(23-34(36(31)43)45(52)53)38(47)32(19-18-25-12-10-11-13-25)42-55-40(49)27-16-8-5-9-17-27/h4-9,14-17,20-23,25H,3,10-13,18-19H2,1-2H3/b41-24+,42-32+. The number of rotatable bonds is 14. The van der Waals surface area contributed by atoms with E-state index < -0.39 is 44.7 Å². The molecular weight excluding hydrogens is 710 g/mol. The number of aryl methyl sites for hydroxylation is 1. The maximum atomic E-state index is 14.2.